The summed E-state index contributed by atoms with van der Waals surface area (Å²) in [5, 5.41) is 11.1. The van der Waals surface area contributed by atoms with Crippen molar-refractivity contribution in [1.29, 1.82) is 0 Å². The van der Waals surface area contributed by atoms with Gasteiger partial charge in [-0.05, 0) is 18.2 Å². The Balaban J connectivity index is 3.12. The van der Waals surface area contributed by atoms with Crippen molar-refractivity contribution in [1.82, 2.24) is 4.31 Å². The molecule has 0 atom stereocenters. The van der Waals surface area contributed by atoms with Crippen molar-refractivity contribution in [2.45, 2.75) is 4.90 Å². The van der Waals surface area contributed by atoms with E-state index in [4.69, 9.17) is 10.8 Å². The Labute approximate surface area is 105 Å². The van der Waals surface area contributed by atoms with Gasteiger partial charge in [-0.25, -0.2) is 12.7 Å². The van der Waals surface area contributed by atoms with Crippen LogP contribution in [-0.2, 0) is 14.8 Å². The van der Waals surface area contributed by atoms with E-state index >= 15 is 0 Å². The Bertz CT molecular complexity index is 554. The van der Waals surface area contributed by atoms with Crippen LogP contribution in [-0.4, -0.2) is 44.4 Å². The molecule has 0 saturated heterocycles. The topological polar surface area (TPSA) is 113 Å². The van der Waals surface area contributed by atoms with Gasteiger partial charge in [0.2, 0.25) is 10.0 Å². The fourth-order valence-electron chi connectivity index (χ4n) is 1.23. The molecule has 0 heterocycles. The largest absolute Gasteiger partial charge is 0.480 e. The van der Waals surface area contributed by atoms with Crippen LogP contribution in [0.3, 0.4) is 0 Å². The summed E-state index contributed by atoms with van der Waals surface area (Å²) < 4.78 is 24.8. The molecule has 0 aromatic heterocycles. The molecule has 0 unspecified atom stereocenters. The number of carboxylic acids is 1. The maximum absolute atomic E-state index is 11.9. The predicted molar refractivity (Wildman–Crippen MR) is 67.9 cm³/mol. The Morgan fingerprint density at radius 1 is 1.44 bits per heavy atom. The number of hydrogen-bond acceptors (Lipinski definition) is 5. The summed E-state index contributed by atoms with van der Waals surface area (Å²) in [5.74, 6) is -1.06. The second kappa shape index (κ2) is 5.23. The van der Waals surface area contributed by atoms with Gasteiger partial charge in [-0.15, -0.1) is 0 Å². The van der Waals surface area contributed by atoms with Gasteiger partial charge < -0.3 is 16.2 Å². The van der Waals surface area contributed by atoms with Gasteiger partial charge in [0, 0.05) is 14.1 Å². The number of hydrogen-bond donors (Lipinski definition) is 3. The lowest BCUT2D eigenvalue weighted by Gasteiger charge is -2.14. The first kappa shape index (κ1) is 14.3. The fraction of sp³-hybridized carbons (Fsp3) is 0.300. The number of nitrogens with one attached hydrogen (secondary N) is 1. The number of nitrogen functional groups attached to an aromatic ring is 1. The van der Waals surface area contributed by atoms with E-state index in [0.717, 1.165) is 4.31 Å². The first-order valence-electron chi connectivity index (χ1n) is 5.03. The first-order valence-corrected chi connectivity index (χ1v) is 6.47. The summed E-state index contributed by atoms with van der Waals surface area (Å²) in [7, 11) is -0.739. The molecule has 4 N–H and O–H groups in total. The molecule has 0 fully saturated rings. The summed E-state index contributed by atoms with van der Waals surface area (Å²) in [6.45, 7) is -0.338. The molecule has 18 heavy (non-hydrogen) atoms. The normalized spacial score (nSPS) is 11.5. The number of nitrogens with zero attached hydrogens (tertiary/aromatic N) is 1. The molecule has 0 spiro atoms. The van der Waals surface area contributed by atoms with E-state index in [0.29, 0.717) is 0 Å². The van der Waals surface area contributed by atoms with E-state index in [2.05, 4.69) is 5.32 Å². The van der Waals surface area contributed by atoms with Gasteiger partial charge in [-0.1, -0.05) is 0 Å². The number of nitrogens with two attached hydrogens (primary N) is 1. The number of rotatable bonds is 5. The molecular formula is C10H15N3O4S. The standard InChI is InChI=1S/C10H15N3O4S/c1-13(2)18(16,17)7-3-4-8(11)9(5-7)12-6-10(14)15/h3-5,12H,6,11H2,1-2H3,(H,14,15). The highest BCUT2D eigenvalue weighted by molar-refractivity contribution is 7.89. The Kier molecular flexibility index (Phi) is 4.15. The second-order valence-corrected chi connectivity index (χ2v) is 5.94. The third-order valence-corrected chi connectivity index (χ3v) is 4.04. The summed E-state index contributed by atoms with van der Waals surface area (Å²) in [5.41, 5.74) is 6.20. The number of benzene rings is 1. The monoisotopic (exact) mass is 273 g/mol. The van der Waals surface area contributed by atoms with Gasteiger partial charge in [0.25, 0.3) is 0 Å². The smallest absolute Gasteiger partial charge is 0.322 e. The zero-order valence-corrected chi connectivity index (χ0v) is 10.9. The average Bonchev–Trinajstić information content (AvgIpc) is 2.27. The van der Waals surface area contributed by atoms with Crippen LogP contribution in [0.25, 0.3) is 0 Å². The van der Waals surface area contributed by atoms with Crippen LogP contribution in [0.5, 0.6) is 0 Å². The lowest BCUT2D eigenvalue weighted by Crippen LogP contribution is -2.22. The molecule has 1 aromatic carbocycles. The molecule has 100 valence electrons. The summed E-state index contributed by atoms with van der Waals surface area (Å²) >= 11 is 0. The van der Waals surface area contributed by atoms with Crippen LogP contribution in [0.4, 0.5) is 11.4 Å². The van der Waals surface area contributed by atoms with Crippen LogP contribution in [0.1, 0.15) is 0 Å². The molecule has 0 aliphatic rings. The highest BCUT2D eigenvalue weighted by atomic mass is 32.2. The van der Waals surface area contributed by atoms with E-state index in [1.807, 2.05) is 0 Å². The van der Waals surface area contributed by atoms with Gasteiger partial charge in [0.05, 0.1) is 16.3 Å². The zero-order chi connectivity index (χ0) is 13.9. The Hall–Kier alpha value is -1.80. The quantitative estimate of drug-likeness (QED) is 0.652. The third-order valence-electron chi connectivity index (χ3n) is 2.23. The van der Waals surface area contributed by atoms with Gasteiger partial charge in [-0.2, -0.15) is 0 Å². The zero-order valence-electron chi connectivity index (χ0n) is 10.0. The number of sulfonamides is 1. The van der Waals surface area contributed by atoms with Crippen molar-refractivity contribution in [3.63, 3.8) is 0 Å². The molecule has 8 heteroatoms. The summed E-state index contributed by atoms with van der Waals surface area (Å²) in [4.78, 5) is 10.5. The fourth-order valence-corrected chi connectivity index (χ4v) is 2.16. The van der Waals surface area contributed by atoms with Gasteiger partial charge in [0.15, 0.2) is 0 Å². The van der Waals surface area contributed by atoms with E-state index in [1.165, 1.54) is 32.3 Å². The summed E-state index contributed by atoms with van der Waals surface area (Å²) in [6.07, 6.45) is 0. The molecule has 1 rings (SSSR count). The number of carboxylic acid groups (broad SMARTS) is 1. The predicted octanol–water partition coefficient (Wildman–Crippen LogP) is 0.0156. The molecule has 0 aliphatic heterocycles. The maximum Gasteiger partial charge on any atom is 0.322 e. The number of carbonyl (C=O) groups is 1. The van der Waals surface area contributed by atoms with Crippen LogP contribution in [0, 0.1) is 0 Å². The minimum absolute atomic E-state index is 0.0505. The lowest BCUT2D eigenvalue weighted by molar-refractivity contribution is -0.134. The van der Waals surface area contributed by atoms with Crippen LogP contribution in [0.15, 0.2) is 23.1 Å². The van der Waals surface area contributed by atoms with Gasteiger partial charge >= 0.3 is 5.97 Å². The first-order chi connectivity index (χ1) is 8.25. The Morgan fingerprint density at radius 2 is 2.06 bits per heavy atom. The van der Waals surface area contributed by atoms with E-state index < -0.39 is 16.0 Å². The SMILES string of the molecule is CN(C)S(=O)(=O)c1ccc(N)c(NCC(=O)O)c1. The molecule has 0 saturated carbocycles. The van der Waals surface area contributed by atoms with Crippen molar-refractivity contribution >= 4 is 27.4 Å². The minimum atomic E-state index is -3.56. The second-order valence-electron chi connectivity index (χ2n) is 3.78. The molecule has 0 bridgehead atoms. The molecule has 7 nitrogen and oxygen atoms in total. The third kappa shape index (κ3) is 3.11. The molecule has 0 amide bonds. The number of anilines is 2. The highest BCUT2D eigenvalue weighted by Gasteiger charge is 2.18. The highest BCUT2D eigenvalue weighted by Crippen LogP contribution is 2.23. The van der Waals surface area contributed by atoms with E-state index in [1.54, 1.807) is 0 Å². The van der Waals surface area contributed by atoms with Crippen molar-refractivity contribution < 1.29 is 18.3 Å². The minimum Gasteiger partial charge on any atom is -0.480 e. The van der Waals surface area contributed by atoms with Crippen molar-refractivity contribution in [2.75, 3.05) is 31.7 Å². The van der Waals surface area contributed by atoms with Crippen LogP contribution in [0.2, 0.25) is 0 Å². The molecule has 0 aliphatic carbocycles. The molecular weight excluding hydrogens is 258 g/mol. The van der Waals surface area contributed by atoms with Crippen LogP contribution < -0.4 is 11.1 Å². The van der Waals surface area contributed by atoms with E-state index in [9.17, 15) is 13.2 Å². The molecule has 1 aromatic rings. The van der Waals surface area contributed by atoms with Crippen molar-refractivity contribution in [3.05, 3.63) is 18.2 Å². The summed E-state index contributed by atoms with van der Waals surface area (Å²) in [6, 6.07) is 4.10. The Morgan fingerprint density at radius 3 is 2.56 bits per heavy atom. The van der Waals surface area contributed by atoms with Gasteiger partial charge in [0.1, 0.15) is 6.54 Å². The van der Waals surface area contributed by atoms with Crippen molar-refractivity contribution in [3.8, 4) is 0 Å². The number of aliphatic carboxylic acids is 1. The van der Waals surface area contributed by atoms with Crippen molar-refractivity contribution in [2.24, 2.45) is 0 Å². The molecule has 0 radical (unpaired) electrons. The van der Waals surface area contributed by atoms with Gasteiger partial charge in [-0.3, -0.25) is 4.79 Å². The van der Waals surface area contributed by atoms with E-state index in [-0.39, 0.29) is 22.8 Å². The lowest BCUT2D eigenvalue weighted by atomic mass is 10.2. The average molecular weight is 273 g/mol. The maximum atomic E-state index is 11.9. The van der Waals surface area contributed by atoms with Crippen LogP contribution >= 0.6 is 0 Å².